The maximum Gasteiger partial charge on any atom is 0.329 e. The van der Waals surface area contributed by atoms with Crippen molar-refractivity contribution in [2.45, 2.75) is 26.3 Å². The van der Waals surface area contributed by atoms with E-state index in [0.29, 0.717) is 0 Å². The van der Waals surface area contributed by atoms with Gasteiger partial charge in [-0.3, -0.25) is 4.79 Å². The largest absolute Gasteiger partial charge is 0.329 e. The fraction of sp³-hybridized carbons (Fsp3) is 0.500. The van der Waals surface area contributed by atoms with E-state index >= 15 is 0 Å². The summed E-state index contributed by atoms with van der Waals surface area (Å²) in [4.78, 5) is 23.6. The van der Waals surface area contributed by atoms with E-state index in [1.165, 1.54) is 6.20 Å². The molecule has 0 aromatic heterocycles. The normalized spacial score (nSPS) is 22.1. The average Bonchev–Trinajstić information content (AvgIpc) is 2.13. The Balaban J connectivity index is 2.93. The highest BCUT2D eigenvalue weighted by Crippen LogP contribution is 2.16. The fourth-order valence-corrected chi connectivity index (χ4v) is 1.06. The van der Waals surface area contributed by atoms with Gasteiger partial charge in [-0.05, 0) is 20.8 Å². The maximum absolute atomic E-state index is 11.4. The van der Waals surface area contributed by atoms with E-state index in [0.717, 1.165) is 4.90 Å². The molecule has 66 valence electrons. The summed E-state index contributed by atoms with van der Waals surface area (Å²) in [6.07, 6.45) is 3.12. The Bertz CT molecular complexity index is 256. The summed E-state index contributed by atoms with van der Waals surface area (Å²) in [7, 11) is 0. The van der Waals surface area contributed by atoms with E-state index in [1.54, 1.807) is 26.8 Å². The van der Waals surface area contributed by atoms with Crippen molar-refractivity contribution in [3.63, 3.8) is 0 Å². The predicted octanol–water partition coefficient (Wildman–Crippen LogP) is 0.850. The quantitative estimate of drug-likeness (QED) is 0.590. The lowest BCUT2D eigenvalue weighted by atomic mass is 10.1. The van der Waals surface area contributed by atoms with Crippen LogP contribution in [0.4, 0.5) is 4.79 Å². The van der Waals surface area contributed by atoms with Gasteiger partial charge in [-0.15, -0.1) is 0 Å². The van der Waals surface area contributed by atoms with Crippen LogP contribution in [0.25, 0.3) is 0 Å². The number of rotatable bonds is 1. The highest BCUT2D eigenvalue weighted by molar-refractivity contribution is 6.07. The van der Waals surface area contributed by atoms with E-state index in [9.17, 15) is 9.59 Å². The Hall–Kier alpha value is -1.32. The molecule has 1 fully saturated rings. The highest BCUT2D eigenvalue weighted by Gasteiger charge is 2.42. The second-order valence-corrected chi connectivity index (χ2v) is 3.21. The van der Waals surface area contributed by atoms with Crippen molar-refractivity contribution in [3.05, 3.63) is 12.3 Å². The number of allylic oxidation sites excluding steroid dienone is 1. The second-order valence-electron chi connectivity index (χ2n) is 3.21. The SMILES string of the molecule is CC=CN1C(=O)NC(C)(C)C1=O. The second kappa shape index (κ2) is 2.62. The summed E-state index contributed by atoms with van der Waals surface area (Å²) < 4.78 is 0. The van der Waals surface area contributed by atoms with Crippen LogP contribution in [-0.4, -0.2) is 22.4 Å². The van der Waals surface area contributed by atoms with Crippen LogP contribution in [0.2, 0.25) is 0 Å². The van der Waals surface area contributed by atoms with Crippen LogP contribution in [0.1, 0.15) is 20.8 Å². The zero-order chi connectivity index (χ0) is 9.35. The molecular weight excluding hydrogens is 156 g/mol. The van der Waals surface area contributed by atoms with Gasteiger partial charge in [0.2, 0.25) is 0 Å². The van der Waals surface area contributed by atoms with E-state index in [2.05, 4.69) is 5.32 Å². The minimum Gasteiger partial charge on any atom is -0.323 e. The number of amides is 3. The van der Waals surface area contributed by atoms with E-state index in [4.69, 9.17) is 0 Å². The van der Waals surface area contributed by atoms with Gasteiger partial charge in [0.05, 0.1) is 0 Å². The summed E-state index contributed by atoms with van der Waals surface area (Å²) >= 11 is 0. The smallest absolute Gasteiger partial charge is 0.323 e. The molecule has 0 aromatic carbocycles. The van der Waals surface area contributed by atoms with Crippen LogP contribution in [0.5, 0.6) is 0 Å². The first-order chi connectivity index (χ1) is 5.49. The Morgan fingerprint density at radius 3 is 2.33 bits per heavy atom. The molecule has 1 aliphatic rings. The van der Waals surface area contributed by atoms with Crippen molar-refractivity contribution in [3.8, 4) is 0 Å². The Kier molecular flexibility index (Phi) is 1.92. The van der Waals surface area contributed by atoms with Gasteiger partial charge in [-0.1, -0.05) is 6.08 Å². The first kappa shape index (κ1) is 8.77. The number of hydrogen-bond acceptors (Lipinski definition) is 2. The zero-order valence-electron chi connectivity index (χ0n) is 7.42. The van der Waals surface area contributed by atoms with E-state index < -0.39 is 5.54 Å². The summed E-state index contributed by atoms with van der Waals surface area (Å²) in [5.41, 5.74) is -0.767. The van der Waals surface area contributed by atoms with Crippen LogP contribution in [0.3, 0.4) is 0 Å². The van der Waals surface area contributed by atoms with Crippen molar-refractivity contribution in [1.29, 1.82) is 0 Å². The molecule has 4 nitrogen and oxygen atoms in total. The molecule has 1 aliphatic heterocycles. The molecule has 0 aromatic rings. The van der Waals surface area contributed by atoms with Gasteiger partial charge in [-0.2, -0.15) is 0 Å². The van der Waals surface area contributed by atoms with Crippen molar-refractivity contribution in [2.24, 2.45) is 0 Å². The van der Waals surface area contributed by atoms with Gasteiger partial charge in [0.15, 0.2) is 0 Å². The van der Waals surface area contributed by atoms with Crippen molar-refractivity contribution >= 4 is 11.9 Å². The van der Waals surface area contributed by atoms with Gasteiger partial charge in [0.1, 0.15) is 5.54 Å². The lowest BCUT2D eigenvalue weighted by Crippen LogP contribution is -2.39. The van der Waals surface area contributed by atoms with Gasteiger partial charge >= 0.3 is 6.03 Å². The third-order valence-corrected chi connectivity index (χ3v) is 1.69. The molecule has 0 saturated carbocycles. The molecule has 3 amide bonds. The van der Waals surface area contributed by atoms with Crippen LogP contribution in [0, 0.1) is 0 Å². The molecule has 0 radical (unpaired) electrons. The molecular formula is C8H12N2O2. The number of hydrogen-bond donors (Lipinski definition) is 1. The van der Waals surface area contributed by atoms with Crippen molar-refractivity contribution in [1.82, 2.24) is 10.2 Å². The van der Waals surface area contributed by atoms with Crippen LogP contribution in [0.15, 0.2) is 12.3 Å². The topological polar surface area (TPSA) is 49.4 Å². The molecule has 4 heteroatoms. The number of nitrogens with zero attached hydrogens (tertiary/aromatic N) is 1. The number of imide groups is 1. The van der Waals surface area contributed by atoms with Crippen LogP contribution in [-0.2, 0) is 4.79 Å². The molecule has 0 aliphatic carbocycles. The molecule has 0 bridgehead atoms. The van der Waals surface area contributed by atoms with Crippen molar-refractivity contribution in [2.75, 3.05) is 0 Å². The molecule has 12 heavy (non-hydrogen) atoms. The van der Waals surface area contributed by atoms with Gasteiger partial charge in [-0.25, -0.2) is 9.69 Å². The minimum atomic E-state index is -0.767. The lowest BCUT2D eigenvalue weighted by molar-refractivity contribution is -0.128. The minimum absolute atomic E-state index is 0.217. The molecule has 1 N–H and O–H groups in total. The van der Waals surface area contributed by atoms with Crippen LogP contribution < -0.4 is 5.32 Å². The summed E-state index contributed by atoms with van der Waals surface area (Å²) in [5.74, 6) is -0.217. The monoisotopic (exact) mass is 168 g/mol. The molecule has 1 heterocycles. The predicted molar refractivity (Wildman–Crippen MR) is 44.3 cm³/mol. The first-order valence-corrected chi connectivity index (χ1v) is 3.77. The number of urea groups is 1. The number of carbonyl (C=O) groups is 2. The Morgan fingerprint density at radius 2 is 2.00 bits per heavy atom. The highest BCUT2D eigenvalue weighted by atomic mass is 16.2. The van der Waals surface area contributed by atoms with E-state index in [-0.39, 0.29) is 11.9 Å². The third-order valence-electron chi connectivity index (χ3n) is 1.69. The average molecular weight is 168 g/mol. The number of carbonyl (C=O) groups excluding carboxylic acids is 2. The summed E-state index contributed by atoms with van der Waals surface area (Å²) in [6, 6.07) is -0.358. The standard InChI is InChI=1S/C8H12N2O2/c1-4-5-10-6(11)8(2,3)9-7(10)12/h4-5H,1-3H3,(H,9,12). The molecule has 1 saturated heterocycles. The lowest BCUT2D eigenvalue weighted by Gasteiger charge is -2.12. The van der Waals surface area contributed by atoms with Crippen molar-refractivity contribution < 1.29 is 9.59 Å². The van der Waals surface area contributed by atoms with Gasteiger partial charge in [0.25, 0.3) is 5.91 Å². The van der Waals surface area contributed by atoms with E-state index in [1.807, 2.05) is 0 Å². The molecule has 0 spiro atoms. The maximum atomic E-state index is 11.4. The van der Waals surface area contributed by atoms with Crippen LogP contribution >= 0.6 is 0 Å². The first-order valence-electron chi connectivity index (χ1n) is 3.77. The fourth-order valence-electron chi connectivity index (χ4n) is 1.06. The summed E-state index contributed by atoms with van der Waals surface area (Å²) in [6.45, 7) is 5.11. The third kappa shape index (κ3) is 1.20. The zero-order valence-corrected chi connectivity index (χ0v) is 7.42. The Morgan fingerprint density at radius 1 is 1.42 bits per heavy atom. The summed E-state index contributed by atoms with van der Waals surface area (Å²) in [5, 5.41) is 2.56. The van der Waals surface area contributed by atoms with Gasteiger partial charge < -0.3 is 5.32 Å². The number of nitrogens with one attached hydrogen (secondary N) is 1. The molecule has 1 rings (SSSR count). The molecule has 0 atom stereocenters. The molecule has 0 unspecified atom stereocenters. The Labute approximate surface area is 71.2 Å². The van der Waals surface area contributed by atoms with Gasteiger partial charge in [0, 0.05) is 6.20 Å².